The SMILES string of the molecule is CCNC(=NCCC(=O)N1CCCC(C)C1)N1CCOC(c2cnn(C)c2)C1. The molecule has 0 aliphatic carbocycles. The van der Waals surface area contributed by atoms with Crippen LogP contribution in [0.3, 0.4) is 0 Å². The van der Waals surface area contributed by atoms with Gasteiger partial charge in [-0.1, -0.05) is 6.92 Å². The van der Waals surface area contributed by atoms with Crippen LogP contribution in [0.1, 0.15) is 44.8 Å². The molecule has 3 rings (SSSR count). The van der Waals surface area contributed by atoms with Crippen LogP contribution in [0.15, 0.2) is 17.4 Å². The molecule has 1 N–H and O–H groups in total. The first kappa shape index (κ1) is 20.6. The lowest BCUT2D eigenvalue weighted by molar-refractivity contribution is -0.132. The van der Waals surface area contributed by atoms with Crippen molar-refractivity contribution in [3.63, 3.8) is 0 Å². The van der Waals surface area contributed by atoms with Crippen molar-refractivity contribution in [1.29, 1.82) is 0 Å². The van der Waals surface area contributed by atoms with Crippen LogP contribution in [0.2, 0.25) is 0 Å². The predicted molar refractivity (Wildman–Crippen MR) is 109 cm³/mol. The molecule has 8 nitrogen and oxygen atoms in total. The molecule has 3 heterocycles. The van der Waals surface area contributed by atoms with E-state index in [4.69, 9.17) is 9.73 Å². The molecule has 1 aromatic rings. The lowest BCUT2D eigenvalue weighted by Gasteiger charge is -2.35. The van der Waals surface area contributed by atoms with Crippen LogP contribution in [0.5, 0.6) is 0 Å². The van der Waals surface area contributed by atoms with E-state index in [0.717, 1.165) is 50.7 Å². The Balaban J connectivity index is 1.56. The number of piperidine rings is 1. The van der Waals surface area contributed by atoms with Crippen LogP contribution < -0.4 is 5.32 Å². The molecule has 1 amide bonds. The number of rotatable bonds is 5. The summed E-state index contributed by atoms with van der Waals surface area (Å²) in [5, 5.41) is 7.61. The van der Waals surface area contributed by atoms with Crippen molar-refractivity contribution >= 4 is 11.9 Å². The van der Waals surface area contributed by atoms with Gasteiger partial charge in [-0.15, -0.1) is 0 Å². The maximum atomic E-state index is 12.5. The van der Waals surface area contributed by atoms with Crippen molar-refractivity contribution < 1.29 is 9.53 Å². The number of amides is 1. The number of ether oxygens (including phenoxy) is 1. The Labute approximate surface area is 167 Å². The average Bonchev–Trinajstić information content (AvgIpc) is 3.14. The number of hydrogen-bond acceptors (Lipinski definition) is 4. The van der Waals surface area contributed by atoms with Gasteiger partial charge in [-0.25, -0.2) is 0 Å². The third kappa shape index (κ3) is 5.47. The van der Waals surface area contributed by atoms with E-state index in [-0.39, 0.29) is 12.0 Å². The van der Waals surface area contributed by atoms with Crippen molar-refractivity contribution in [3.8, 4) is 0 Å². The van der Waals surface area contributed by atoms with Crippen molar-refractivity contribution in [2.45, 2.75) is 39.2 Å². The van der Waals surface area contributed by atoms with Crippen molar-refractivity contribution in [1.82, 2.24) is 24.9 Å². The summed E-state index contributed by atoms with van der Waals surface area (Å²) in [5.41, 5.74) is 1.08. The molecule has 8 heteroatoms. The van der Waals surface area contributed by atoms with Gasteiger partial charge in [-0.2, -0.15) is 5.10 Å². The van der Waals surface area contributed by atoms with E-state index < -0.39 is 0 Å². The summed E-state index contributed by atoms with van der Waals surface area (Å²) >= 11 is 0. The Bertz CT molecular complexity index is 673. The zero-order valence-corrected chi connectivity index (χ0v) is 17.4. The van der Waals surface area contributed by atoms with Gasteiger partial charge in [0.1, 0.15) is 6.10 Å². The highest BCUT2D eigenvalue weighted by molar-refractivity contribution is 5.81. The third-order valence-electron chi connectivity index (χ3n) is 5.39. The molecule has 2 aliphatic rings. The highest BCUT2D eigenvalue weighted by atomic mass is 16.5. The molecule has 156 valence electrons. The molecule has 2 saturated heterocycles. The number of aromatic nitrogens is 2. The van der Waals surface area contributed by atoms with Gasteiger partial charge in [0.25, 0.3) is 0 Å². The number of morpholine rings is 1. The summed E-state index contributed by atoms with van der Waals surface area (Å²) in [7, 11) is 1.91. The Morgan fingerprint density at radius 1 is 1.36 bits per heavy atom. The number of likely N-dealkylation sites (tertiary alicyclic amines) is 1. The van der Waals surface area contributed by atoms with Crippen LogP contribution in [0, 0.1) is 5.92 Å². The summed E-state index contributed by atoms with van der Waals surface area (Å²) in [4.78, 5) is 21.4. The Hall–Kier alpha value is -2.09. The first-order valence-corrected chi connectivity index (χ1v) is 10.5. The maximum absolute atomic E-state index is 12.5. The van der Waals surface area contributed by atoms with Crippen LogP contribution >= 0.6 is 0 Å². The number of aryl methyl sites for hydroxylation is 1. The number of carbonyl (C=O) groups is 1. The Kier molecular flexibility index (Phi) is 7.30. The third-order valence-corrected chi connectivity index (χ3v) is 5.39. The minimum atomic E-state index is -0.0113. The monoisotopic (exact) mass is 390 g/mol. The molecule has 2 aliphatic heterocycles. The van der Waals surface area contributed by atoms with E-state index in [2.05, 4.69) is 29.2 Å². The van der Waals surface area contributed by atoms with Gasteiger partial charge in [-0.3, -0.25) is 14.5 Å². The molecule has 0 bridgehead atoms. The van der Waals surface area contributed by atoms with Gasteiger partial charge in [0.2, 0.25) is 5.91 Å². The first-order chi connectivity index (χ1) is 13.6. The molecule has 28 heavy (non-hydrogen) atoms. The number of nitrogens with zero attached hydrogens (tertiary/aromatic N) is 5. The Morgan fingerprint density at radius 2 is 2.21 bits per heavy atom. The lowest BCUT2D eigenvalue weighted by atomic mass is 10.00. The second-order valence-corrected chi connectivity index (χ2v) is 7.83. The number of nitrogens with one attached hydrogen (secondary N) is 1. The zero-order chi connectivity index (χ0) is 19.9. The highest BCUT2D eigenvalue weighted by Gasteiger charge is 2.25. The molecule has 0 saturated carbocycles. The first-order valence-electron chi connectivity index (χ1n) is 10.5. The number of carbonyl (C=O) groups excluding carboxylic acids is 1. The fourth-order valence-corrected chi connectivity index (χ4v) is 3.91. The Morgan fingerprint density at radius 3 is 2.93 bits per heavy atom. The largest absolute Gasteiger partial charge is 0.370 e. The highest BCUT2D eigenvalue weighted by Crippen LogP contribution is 2.21. The quantitative estimate of drug-likeness (QED) is 0.608. The van der Waals surface area contributed by atoms with Gasteiger partial charge >= 0.3 is 0 Å². The number of guanidine groups is 1. The van der Waals surface area contributed by atoms with Crippen LogP contribution in [-0.2, 0) is 16.6 Å². The molecule has 2 unspecified atom stereocenters. The molecular weight excluding hydrogens is 356 g/mol. The molecule has 1 aromatic heterocycles. The predicted octanol–water partition coefficient (Wildman–Crippen LogP) is 1.41. The topological polar surface area (TPSA) is 75.0 Å². The molecule has 2 fully saturated rings. The molecule has 0 aromatic carbocycles. The van der Waals surface area contributed by atoms with Gasteiger partial charge in [0.15, 0.2) is 5.96 Å². The standard InChI is InChI=1S/C20H34N6O2/c1-4-21-20(22-8-7-19(27)25-9-5-6-16(2)13-25)26-10-11-28-18(15-26)17-12-23-24(3)14-17/h12,14,16,18H,4-11,13,15H2,1-3H3,(H,21,22). The summed E-state index contributed by atoms with van der Waals surface area (Å²) in [5.74, 6) is 1.69. The van der Waals surface area contributed by atoms with Gasteiger partial charge in [0, 0.05) is 51.4 Å². The van der Waals surface area contributed by atoms with E-state index in [0.29, 0.717) is 25.5 Å². The van der Waals surface area contributed by atoms with E-state index in [1.165, 1.54) is 6.42 Å². The summed E-state index contributed by atoms with van der Waals surface area (Å²) < 4.78 is 7.73. The average molecular weight is 391 g/mol. The summed E-state index contributed by atoms with van der Waals surface area (Å²) in [6.45, 7) is 9.55. The van der Waals surface area contributed by atoms with Crippen molar-refractivity contribution in [2.24, 2.45) is 18.0 Å². The molecule has 2 atom stereocenters. The number of hydrogen-bond donors (Lipinski definition) is 1. The minimum Gasteiger partial charge on any atom is -0.370 e. The lowest BCUT2D eigenvalue weighted by Crippen LogP contribution is -2.48. The van der Waals surface area contributed by atoms with Crippen molar-refractivity contribution in [2.75, 3.05) is 45.9 Å². The van der Waals surface area contributed by atoms with Crippen LogP contribution in [-0.4, -0.2) is 77.3 Å². The summed E-state index contributed by atoms with van der Waals surface area (Å²) in [6, 6.07) is 0. The van der Waals surface area contributed by atoms with E-state index in [1.54, 1.807) is 4.68 Å². The van der Waals surface area contributed by atoms with E-state index in [9.17, 15) is 4.79 Å². The molecular formula is C20H34N6O2. The van der Waals surface area contributed by atoms with Crippen LogP contribution in [0.4, 0.5) is 0 Å². The van der Waals surface area contributed by atoms with E-state index >= 15 is 0 Å². The van der Waals surface area contributed by atoms with E-state index in [1.807, 2.05) is 24.3 Å². The number of aliphatic imine (C=N–C) groups is 1. The minimum absolute atomic E-state index is 0.0113. The van der Waals surface area contributed by atoms with Crippen molar-refractivity contribution in [3.05, 3.63) is 18.0 Å². The smallest absolute Gasteiger partial charge is 0.224 e. The second kappa shape index (κ2) is 9.91. The maximum Gasteiger partial charge on any atom is 0.224 e. The summed E-state index contributed by atoms with van der Waals surface area (Å²) in [6.07, 6.45) is 6.65. The van der Waals surface area contributed by atoms with Crippen LogP contribution in [0.25, 0.3) is 0 Å². The molecule has 0 radical (unpaired) electrons. The molecule has 0 spiro atoms. The normalized spacial score (nSPS) is 23.8. The van der Waals surface area contributed by atoms with Gasteiger partial charge in [0.05, 0.1) is 25.9 Å². The zero-order valence-electron chi connectivity index (χ0n) is 17.4. The fourth-order valence-electron chi connectivity index (χ4n) is 3.91. The fraction of sp³-hybridized carbons (Fsp3) is 0.750. The second-order valence-electron chi connectivity index (χ2n) is 7.83. The van der Waals surface area contributed by atoms with Gasteiger partial charge in [-0.05, 0) is 25.7 Å². The van der Waals surface area contributed by atoms with Gasteiger partial charge < -0.3 is 19.9 Å².